The summed E-state index contributed by atoms with van der Waals surface area (Å²) >= 11 is 0.219. The zero-order valence-electron chi connectivity index (χ0n) is 6.58. The highest BCUT2D eigenvalue weighted by Gasteiger charge is 2.33. The van der Waals surface area contributed by atoms with Crippen LogP contribution in [0, 0.1) is 0 Å². The van der Waals surface area contributed by atoms with Crippen molar-refractivity contribution in [2.45, 2.75) is 11.1 Å². The van der Waals surface area contributed by atoms with Crippen molar-refractivity contribution in [2.75, 3.05) is 0 Å². The van der Waals surface area contributed by atoms with Gasteiger partial charge in [0, 0.05) is 0 Å². The summed E-state index contributed by atoms with van der Waals surface area (Å²) in [4.78, 5) is -0.226. The summed E-state index contributed by atoms with van der Waals surface area (Å²) in [6.45, 7) is 0. The molecule has 14 heavy (non-hydrogen) atoms. The van der Waals surface area contributed by atoms with Gasteiger partial charge in [-0.1, -0.05) is 12.1 Å². The van der Waals surface area contributed by atoms with Crippen LogP contribution in [0.25, 0.3) is 0 Å². The van der Waals surface area contributed by atoms with Gasteiger partial charge < -0.3 is 5.26 Å². The van der Waals surface area contributed by atoms with Crippen molar-refractivity contribution in [1.29, 1.82) is 0 Å². The highest BCUT2D eigenvalue weighted by atomic mass is 32.2. The lowest BCUT2D eigenvalue weighted by molar-refractivity contribution is -0.777. The molecular weight excluding hydrogens is 221 g/mol. The Hall–Kier alpha value is -0.760. The SMILES string of the molecule is [O-]OOSc1ccccc1C(F)(F)F. The fraction of sp³-hybridized carbons (Fsp3) is 0.143. The molecule has 0 fully saturated rings. The molecule has 1 aromatic rings. The second-order valence-corrected chi connectivity index (χ2v) is 2.96. The maximum absolute atomic E-state index is 12.3. The Bertz CT molecular complexity index is 302. The maximum Gasteiger partial charge on any atom is 0.417 e. The molecule has 0 aliphatic heterocycles. The van der Waals surface area contributed by atoms with Crippen molar-refractivity contribution in [2.24, 2.45) is 0 Å². The minimum absolute atomic E-state index is 0.219. The van der Waals surface area contributed by atoms with E-state index in [0.717, 1.165) is 6.07 Å². The summed E-state index contributed by atoms with van der Waals surface area (Å²) in [7, 11) is 0. The summed E-state index contributed by atoms with van der Waals surface area (Å²) in [6.07, 6.45) is -4.48. The van der Waals surface area contributed by atoms with Gasteiger partial charge >= 0.3 is 6.18 Å². The van der Waals surface area contributed by atoms with Gasteiger partial charge in [-0.3, -0.25) is 5.04 Å². The summed E-state index contributed by atoms with van der Waals surface area (Å²) in [5, 5.41) is 12.4. The number of halogens is 3. The van der Waals surface area contributed by atoms with Crippen LogP contribution in [-0.2, 0) is 15.5 Å². The summed E-state index contributed by atoms with van der Waals surface area (Å²) < 4.78 is 40.7. The predicted molar refractivity (Wildman–Crippen MR) is 39.5 cm³/mol. The van der Waals surface area contributed by atoms with Crippen LogP contribution in [0.15, 0.2) is 29.2 Å². The molecule has 0 atom stereocenters. The average molecular weight is 225 g/mol. The third-order valence-corrected chi connectivity index (χ3v) is 2.00. The molecule has 0 amide bonds. The Morgan fingerprint density at radius 3 is 2.43 bits per heavy atom. The highest BCUT2D eigenvalue weighted by Crippen LogP contribution is 2.36. The highest BCUT2D eigenvalue weighted by molar-refractivity contribution is 7.94. The first-order chi connectivity index (χ1) is 6.55. The van der Waals surface area contributed by atoms with E-state index in [-0.39, 0.29) is 16.9 Å². The molecule has 3 nitrogen and oxygen atoms in total. The van der Waals surface area contributed by atoms with Gasteiger partial charge in [-0.05, 0) is 12.1 Å². The topological polar surface area (TPSA) is 41.5 Å². The first-order valence-corrected chi connectivity index (χ1v) is 4.09. The van der Waals surface area contributed by atoms with Crippen molar-refractivity contribution >= 4 is 12.0 Å². The van der Waals surface area contributed by atoms with Crippen LogP contribution in [0.1, 0.15) is 5.56 Å². The van der Waals surface area contributed by atoms with Gasteiger partial charge in [0.25, 0.3) is 0 Å². The number of benzene rings is 1. The van der Waals surface area contributed by atoms with Crippen LogP contribution in [-0.4, -0.2) is 0 Å². The fourth-order valence-electron chi connectivity index (χ4n) is 0.824. The smallest absolute Gasteiger partial charge is 0.417 e. The first-order valence-electron chi connectivity index (χ1n) is 3.35. The zero-order chi connectivity index (χ0) is 10.6. The summed E-state index contributed by atoms with van der Waals surface area (Å²) in [5.74, 6) is 0. The summed E-state index contributed by atoms with van der Waals surface area (Å²) in [5.41, 5.74) is -0.873. The van der Waals surface area contributed by atoms with E-state index in [0.29, 0.717) is 0 Å². The average Bonchev–Trinajstić information content (AvgIpc) is 2.14. The number of rotatable bonds is 3. The van der Waals surface area contributed by atoms with Crippen molar-refractivity contribution in [3.63, 3.8) is 0 Å². The molecule has 1 aromatic carbocycles. The predicted octanol–water partition coefficient (Wildman–Crippen LogP) is 1.94. The number of hydrogen-bond acceptors (Lipinski definition) is 4. The minimum atomic E-state index is -4.48. The second-order valence-electron chi connectivity index (χ2n) is 2.21. The Balaban J connectivity index is 2.92. The van der Waals surface area contributed by atoms with Gasteiger partial charge in [-0.25, -0.2) is 0 Å². The van der Waals surface area contributed by atoms with E-state index < -0.39 is 11.7 Å². The third-order valence-electron chi connectivity index (χ3n) is 1.34. The molecule has 0 bridgehead atoms. The van der Waals surface area contributed by atoms with Crippen LogP contribution >= 0.6 is 12.0 Å². The molecule has 0 aliphatic rings. The summed E-state index contributed by atoms with van der Waals surface area (Å²) in [6, 6.07) is 4.69. The third kappa shape index (κ3) is 2.88. The van der Waals surface area contributed by atoms with Crippen molar-refractivity contribution < 1.29 is 27.8 Å². The molecule has 78 valence electrons. The van der Waals surface area contributed by atoms with E-state index in [1.807, 2.05) is 0 Å². The zero-order valence-corrected chi connectivity index (χ0v) is 7.39. The molecule has 0 aliphatic carbocycles. The standard InChI is InChI=1S/C7H5F3O3S/c8-7(9,10)5-3-1-2-4-6(5)14-13-12-11/h1-4,11H/p-1. The van der Waals surface area contributed by atoms with Gasteiger partial charge in [0.1, 0.15) is 0 Å². The minimum Gasteiger partial charge on any atom is -0.691 e. The quantitative estimate of drug-likeness (QED) is 0.448. The van der Waals surface area contributed by atoms with E-state index in [1.54, 1.807) is 0 Å². The molecule has 1 rings (SSSR count). The lowest BCUT2D eigenvalue weighted by atomic mass is 10.2. The number of alkyl halides is 3. The largest absolute Gasteiger partial charge is 0.691 e. The van der Waals surface area contributed by atoms with Crippen molar-refractivity contribution in [3.05, 3.63) is 29.8 Å². The Morgan fingerprint density at radius 2 is 1.86 bits per heavy atom. The molecule has 0 spiro atoms. The molecule has 0 saturated heterocycles. The van der Waals surface area contributed by atoms with E-state index in [1.165, 1.54) is 18.2 Å². The molecule has 0 saturated carbocycles. The number of hydrogen-bond donors (Lipinski definition) is 0. The molecular formula is C7H4F3O3S-. The van der Waals surface area contributed by atoms with Gasteiger partial charge in [0.2, 0.25) is 0 Å². The second kappa shape index (κ2) is 4.65. The van der Waals surface area contributed by atoms with Crippen molar-refractivity contribution in [1.82, 2.24) is 0 Å². The van der Waals surface area contributed by atoms with Crippen LogP contribution < -0.4 is 5.26 Å². The Labute approximate surface area is 81.5 Å². The van der Waals surface area contributed by atoms with Crippen LogP contribution in [0.4, 0.5) is 13.2 Å². The normalized spacial score (nSPS) is 11.7. The van der Waals surface area contributed by atoms with Gasteiger partial charge in [-0.15, -0.1) is 0 Å². The molecule has 7 heteroatoms. The van der Waals surface area contributed by atoms with Gasteiger partial charge in [0.15, 0.2) is 0 Å². The van der Waals surface area contributed by atoms with Crippen molar-refractivity contribution in [3.8, 4) is 0 Å². The lowest BCUT2D eigenvalue weighted by Crippen LogP contribution is -2.07. The van der Waals surface area contributed by atoms with Crippen LogP contribution in [0.2, 0.25) is 0 Å². The van der Waals surface area contributed by atoms with Gasteiger partial charge in [0.05, 0.1) is 22.5 Å². The van der Waals surface area contributed by atoms with E-state index in [4.69, 9.17) is 0 Å². The molecule has 0 heterocycles. The molecule has 0 N–H and O–H groups in total. The monoisotopic (exact) mass is 225 g/mol. The maximum atomic E-state index is 12.3. The fourth-order valence-corrected chi connectivity index (χ4v) is 1.33. The molecule has 0 radical (unpaired) electrons. The molecule has 0 aromatic heterocycles. The Kier molecular flexibility index (Phi) is 3.76. The first kappa shape index (κ1) is 11.3. The van der Waals surface area contributed by atoms with Gasteiger partial charge in [-0.2, -0.15) is 17.5 Å². The van der Waals surface area contributed by atoms with E-state index >= 15 is 0 Å². The molecule has 0 unspecified atom stereocenters. The van der Waals surface area contributed by atoms with Crippen LogP contribution in [0.3, 0.4) is 0 Å². The lowest BCUT2D eigenvalue weighted by Gasteiger charge is -2.11. The van der Waals surface area contributed by atoms with Crippen LogP contribution in [0.5, 0.6) is 0 Å². The van der Waals surface area contributed by atoms with E-state index in [2.05, 4.69) is 9.37 Å². The van der Waals surface area contributed by atoms with E-state index in [9.17, 15) is 18.4 Å². The Morgan fingerprint density at radius 1 is 1.21 bits per heavy atom.